The highest BCUT2D eigenvalue weighted by Gasteiger charge is 2.21. The van der Waals surface area contributed by atoms with Crippen LogP contribution >= 0.6 is 0 Å². The van der Waals surface area contributed by atoms with Crippen LogP contribution in [-0.4, -0.2) is 33.4 Å². The Bertz CT molecular complexity index is 930. The predicted molar refractivity (Wildman–Crippen MR) is 92.6 cm³/mol. The number of rotatable bonds is 6. The van der Waals surface area contributed by atoms with Crippen LogP contribution in [0, 0.1) is 5.82 Å². The minimum absolute atomic E-state index is 0.0582. The summed E-state index contributed by atoms with van der Waals surface area (Å²) in [7, 11) is -2.72. The summed E-state index contributed by atoms with van der Waals surface area (Å²) in [5.74, 6) is -2.08. The Kier molecular flexibility index (Phi) is 5.93. The average molecular weight is 380 g/mol. The van der Waals surface area contributed by atoms with Gasteiger partial charge in [-0.1, -0.05) is 18.2 Å². The lowest BCUT2D eigenvalue weighted by molar-refractivity contribution is -0.128. The maximum Gasteiger partial charge on any atom is 0.338 e. The summed E-state index contributed by atoms with van der Waals surface area (Å²) in [6.45, 7) is 1.39. The molecule has 9 heteroatoms. The number of likely N-dealkylation sites (N-methyl/N-ethyl adjacent to an activating group) is 1. The standard InChI is InChI=1S/C17H17FN2O5S/c1-11(16(21)19-2)25-17(22)12-6-5-7-13(10-12)26(23,24)20-15-9-4-3-8-14(15)18/h3-11,20H,1-2H3,(H,19,21)/t11-/m0/s1. The minimum Gasteiger partial charge on any atom is -0.449 e. The summed E-state index contributed by atoms with van der Waals surface area (Å²) < 4.78 is 45.6. The molecule has 138 valence electrons. The number of esters is 1. The number of hydrogen-bond donors (Lipinski definition) is 2. The van der Waals surface area contributed by atoms with E-state index in [-0.39, 0.29) is 16.1 Å². The second kappa shape index (κ2) is 7.96. The molecule has 0 saturated heterocycles. The highest BCUT2D eigenvalue weighted by molar-refractivity contribution is 7.92. The molecule has 0 bridgehead atoms. The van der Waals surface area contributed by atoms with Gasteiger partial charge < -0.3 is 10.1 Å². The smallest absolute Gasteiger partial charge is 0.338 e. The number of para-hydroxylation sites is 1. The van der Waals surface area contributed by atoms with Crippen LogP contribution in [0.2, 0.25) is 0 Å². The molecule has 0 saturated carbocycles. The van der Waals surface area contributed by atoms with Gasteiger partial charge in [0, 0.05) is 7.05 Å². The molecule has 2 rings (SSSR count). The fraction of sp³-hybridized carbons (Fsp3) is 0.176. The van der Waals surface area contributed by atoms with Gasteiger partial charge in [0.1, 0.15) is 5.82 Å². The fourth-order valence-corrected chi connectivity index (χ4v) is 3.14. The van der Waals surface area contributed by atoms with E-state index in [0.29, 0.717) is 0 Å². The van der Waals surface area contributed by atoms with Crippen LogP contribution in [0.25, 0.3) is 0 Å². The van der Waals surface area contributed by atoms with Crippen molar-refractivity contribution in [2.24, 2.45) is 0 Å². The lowest BCUT2D eigenvalue weighted by Gasteiger charge is -2.13. The van der Waals surface area contributed by atoms with Crippen LogP contribution in [-0.2, 0) is 19.6 Å². The van der Waals surface area contributed by atoms with Crippen LogP contribution < -0.4 is 10.0 Å². The Morgan fingerprint density at radius 2 is 1.81 bits per heavy atom. The first-order valence-corrected chi connectivity index (χ1v) is 9.03. The zero-order valence-electron chi connectivity index (χ0n) is 14.0. The van der Waals surface area contributed by atoms with Crippen LogP contribution in [0.3, 0.4) is 0 Å². The molecule has 0 aliphatic carbocycles. The molecule has 2 aromatic carbocycles. The third-order valence-corrected chi connectivity index (χ3v) is 4.76. The van der Waals surface area contributed by atoms with E-state index in [1.807, 2.05) is 0 Å². The first-order chi connectivity index (χ1) is 12.2. The van der Waals surface area contributed by atoms with E-state index in [4.69, 9.17) is 4.74 Å². The predicted octanol–water partition coefficient (Wildman–Crippen LogP) is 1.92. The molecule has 26 heavy (non-hydrogen) atoms. The van der Waals surface area contributed by atoms with Crippen molar-refractivity contribution >= 4 is 27.6 Å². The minimum atomic E-state index is -4.12. The number of ether oxygens (including phenoxy) is 1. The zero-order chi connectivity index (χ0) is 19.3. The topological polar surface area (TPSA) is 102 Å². The van der Waals surface area contributed by atoms with Gasteiger partial charge in [0.25, 0.3) is 15.9 Å². The van der Waals surface area contributed by atoms with E-state index in [0.717, 1.165) is 12.1 Å². The summed E-state index contributed by atoms with van der Waals surface area (Å²) >= 11 is 0. The van der Waals surface area contributed by atoms with Crippen molar-refractivity contribution in [2.45, 2.75) is 17.9 Å². The van der Waals surface area contributed by atoms with Crippen molar-refractivity contribution in [3.05, 3.63) is 59.9 Å². The summed E-state index contributed by atoms with van der Waals surface area (Å²) in [6.07, 6.45) is -1.04. The maximum absolute atomic E-state index is 13.7. The van der Waals surface area contributed by atoms with E-state index >= 15 is 0 Å². The molecule has 0 spiro atoms. The SMILES string of the molecule is CNC(=O)[C@H](C)OC(=O)c1cccc(S(=O)(=O)Nc2ccccc2F)c1. The quantitative estimate of drug-likeness (QED) is 0.746. The molecule has 1 amide bonds. The van der Waals surface area contributed by atoms with Crippen molar-refractivity contribution in [3.8, 4) is 0 Å². The monoisotopic (exact) mass is 380 g/mol. The van der Waals surface area contributed by atoms with E-state index in [1.165, 1.54) is 50.4 Å². The number of anilines is 1. The summed E-state index contributed by atoms with van der Waals surface area (Å²) in [6, 6.07) is 10.3. The Morgan fingerprint density at radius 1 is 1.12 bits per heavy atom. The zero-order valence-corrected chi connectivity index (χ0v) is 14.8. The fourth-order valence-electron chi connectivity index (χ4n) is 2.02. The van der Waals surface area contributed by atoms with Gasteiger partial charge in [-0.15, -0.1) is 0 Å². The van der Waals surface area contributed by atoms with Gasteiger partial charge in [-0.25, -0.2) is 17.6 Å². The Labute approximate surface area is 150 Å². The largest absolute Gasteiger partial charge is 0.449 e. The Balaban J connectivity index is 2.24. The van der Waals surface area contributed by atoms with Gasteiger partial charge in [0.2, 0.25) is 0 Å². The molecule has 0 heterocycles. The first-order valence-electron chi connectivity index (χ1n) is 7.54. The lowest BCUT2D eigenvalue weighted by atomic mass is 10.2. The third-order valence-electron chi connectivity index (χ3n) is 3.40. The van der Waals surface area contributed by atoms with Gasteiger partial charge >= 0.3 is 5.97 Å². The van der Waals surface area contributed by atoms with Gasteiger partial charge in [-0.3, -0.25) is 9.52 Å². The number of nitrogens with one attached hydrogen (secondary N) is 2. The van der Waals surface area contributed by atoms with Crippen molar-refractivity contribution in [1.82, 2.24) is 5.32 Å². The third kappa shape index (κ3) is 4.57. The maximum atomic E-state index is 13.7. The lowest BCUT2D eigenvalue weighted by Crippen LogP contribution is -2.33. The number of benzene rings is 2. The van der Waals surface area contributed by atoms with Crippen LogP contribution in [0.1, 0.15) is 17.3 Å². The van der Waals surface area contributed by atoms with Gasteiger partial charge in [-0.05, 0) is 37.3 Å². The molecule has 0 radical (unpaired) electrons. The molecule has 2 aromatic rings. The second-order valence-electron chi connectivity index (χ2n) is 5.27. The number of sulfonamides is 1. The number of carbonyl (C=O) groups is 2. The Hall–Kier alpha value is -2.94. The molecule has 7 nitrogen and oxygen atoms in total. The normalized spacial score (nSPS) is 12.1. The molecule has 1 atom stereocenters. The van der Waals surface area contributed by atoms with Gasteiger partial charge in [-0.2, -0.15) is 0 Å². The molecule has 0 aromatic heterocycles. The second-order valence-corrected chi connectivity index (χ2v) is 6.96. The molecule has 0 aliphatic heterocycles. The van der Waals surface area contributed by atoms with Crippen molar-refractivity contribution in [2.75, 3.05) is 11.8 Å². The van der Waals surface area contributed by atoms with Crippen LogP contribution in [0.15, 0.2) is 53.4 Å². The first kappa shape index (κ1) is 19.4. The molecular weight excluding hydrogens is 363 g/mol. The van der Waals surface area contributed by atoms with E-state index < -0.39 is 33.8 Å². The molecule has 0 fully saturated rings. The van der Waals surface area contributed by atoms with Crippen LogP contribution in [0.4, 0.5) is 10.1 Å². The molecule has 0 unspecified atom stereocenters. The van der Waals surface area contributed by atoms with Crippen molar-refractivity contribution < 1.29 is 27.1 Å². The number of amides is 1. The van der Waals surface area contributed by atoms with Gasteiger partial charge in [0.05, 0.1) is 16.1 Å². The highest BCUT2D eigenvalue weighted by atomic mass is 32.2. The van der Waals surface area contributed by atoms with Crippen molar-refractivity contribution in [1.29, 1.82) is 0 Å². The Morgan fingerprint density at radius 3 is 2.46 bits per heavy atom. The number of halogens is 1. The molecule has 2 N–H and O–H groups in total. The van der Waals surface area contributed by atoms with E-state index in [2.05, 4.69) is 10.0 Å². The summed E-state index contributed by atoms with van der Waals surface area (Å²) in [5, 5.41) is 2.33. The van der Waals surface area contributed by atoms with Gasteiger partial charge in [0.15, 0.2) is 6.10 Å². The molecular formula is C17H17FN2O5S. The average Bonchev–Trinajstić information content (AvgIpc) is 2.62. The van der Waals surface area contributed by atoms with E-state index in [1.54, 1.807) is 0 Å². The summed E-state index contributed by atoms with van der Waals surface area (Å²) in [5.41, 5.74) is -0.272. The summed E-state index contributed by atoms with van der Waals surface area (Å²) in [4.78, 5) is 23.3. The van der Waals surface area contributed by atoms with E-state index in [9.17, 15) is 22.4 Å². The number of hydrogen-bond acceptors (Lipinski definition) is 5. The molecule has 0 aliphatic rings. The van der Waals surface area contributed by atoms with Crippen LogP contribution in [0.5, 0.6) is 0 Å². The van der Waals surface area contributed by atoms with Crippen molar-refractivity contribution in [3.63, 3.8) is 0 Å². The highest BCUT2D eigenvalue weighted by Crippen LogP contribution is 2.20. The number of carbonyl (C=O) groups excluding carboxylic acids is 2.